The van der Waals surface area contributed by atoms with E-state index in [1.165, 1.54) is 6.07 Å². The van der Waals surface area contributed by atoms with Crippen molar-refractivity contribution in [2.45, 2.75) is 38.0 Å². The predicted molar refractivity (Wildman–Crippen MR) is 87.2 cm³/mol. The molecule has 1 aliphatic rings. The predicted octanol–water partition coefficient (Wildman–Crippen LogP) is 1.24. The van der Waals surface area contributed by atoms with E-state index in [1.54, 1.807) is 14.0 Å². The van der Waals surface area contributed by atoms with Gasteiger partial charge in [0.05, 0.1) is 0 Å². The lowest BCUT2D eigenvalue weighted by molar-refractivity contribution is -0.123. The molecule has 0 aromatic carbocycles. The van der Waals surface area contributed by atoms with Gasteiger partial charge in [0.2, 0.25) is 17.1 Å². The van der Waals surface area contributed by atoms with Crippen LogP contribution < -0.4 is 10.7 Å². The molecular formula is C17H25NO6. The molecule has 7 heteroatoms. The summed E-state index contributed by atoms with van der Waals surface area (Å²) in [4.78, 5) is 24.3. The molecule has 1 fully saturated rings. The fourth-order valence-corrected chi connectivity index (χ4v) is 3.02. The molecule has 1 aromatic rings. The summed E-state index contributed by atoms with van der Waals surface area (Å²) in [5.74, 6) is 0.0632. The molecule has 2 rings (SSSR count). The number of hydrogen-bond donors (Lipinski definition) is 2. The first-order valence-corrected chi connectivity index (χ1v) is 8.16. The Bertz CT molecular complexity index is 618. The van der Waals surface area contributed by atoms with Crippen LogP contribution >= 0.6 is 0 Å². The Morgan fingerprint density at radius 3 is 2.79 bits per heavy atom. The summed E-state index contributed by atoms with van der Waals surface area (Å²) in [6.07, 6.45) is 1.89. The lowest BCUT2D eigenvalue weighted by Crippen LogP contribution is -2.40. The molecule has 1 aromatic heterocycles. The van der Waals surface area contributed by atoms with E-state index in [4.69, 9.17) is 13.9 Å². The Morgan fingerprint density at radius 1 is 1.42 bits per heavy atom. The smallest absolute Gasteiger partial charge is 0.227 e. The summed E-state index contributed by atoms with van der Waals surface area (Å²) < 4.78 is 16.0. The molecule has 0 bridgehead atoms. The second kappa shape index (κ2) is 8.30. The van der Waals surface area contributed by atoms with E-state index in [9.17, 15) is 14.7 Å². The van der Waals surface area contributed by atoms with Crippen LogP contribution in [0.5, 0.6) is 5.75 Å². The first-order valence-electron chi connectivity index (χ1n) is 8.16. The average Bonchev–Trinajstić information content (AvgIpc) is 2.55. The number of aryl methyl sites for hydroxylation is 1. The van der Waals surface area contributed by atoms with E-state index in [-0.39, 0.29) is 18.1 Å². The Balaban J connectivity index is 2.21. The van der Waals surface area contributed by atoms with Crippen LogP contribution in [0, 0.1) is 6.92 Å². The number of rotatable bonds is 7. The van der Waals surface area contributed by atoms with Crippen molar-refractivity contribution >= 4 is 5.91 Å². The summed E-state index contributed by atoms with van der Waals surface area (Å²) in [7, 11) is 1.61. The Hall–Kier alpha value is -1.86. The van der Waals surface area contributed by atoms with Gasteiger partial charge in [0.1, 0.15) is 5.76 Å². The van der Waals surface area contributed by atoms with Gasteiger partial charge in [-0.3, -0.25) is 9.59 Å². The summed E-state index contributed by atoms with van der Waals surface area (Å²) in [5.41, 5.74) is -1.21. The van der Waals surface area contributed by atoms with Gasteiger partial charge in [-0.05, 0) is 26.2 Å². The first kappa shape index (κ1) is 18.5. The van der Waals surface area contributed by atoms with Crippen molar-refractivity contribution in [3.8, 4) is 5.75 Å². The number of hydrogen-bond acceptors (Lipinski definition) is 6. The maximum Gasteiger partial charge on any atom is 0.227 e. The fourth-order valence-electron chi connectivity index (χ4n) is 3.02. The van der Waals surface area contributed by atoms with Gasteiger partial charge in [0, 0.05) is 51.4 Å². The number of carbonyl (C=O) groups is 1. The number of methoxy groups -OCH3 is 1. The highest BCUT2D eigenvalue weighted by Gasteiger charge is 2.41. The van der Waals surface area contributed by atoms with Crippen molar-refractivity contribution in [2.75, 3.05) is 33.5 Å². The van der Waals surface area contributed by atoms with Crippen molar-refractivity contribution in [3.05, 3.63) is 27.8 Å². The largest absolute Gasteiger partial charge is 0.502 e. The number of aromatic hydroxyl groups is 1. The Kier molecular flexibility index (Phi) is 6.39. The monoisotopic (exact) mass is 339 g/mol. The third-order valence-electron chi connectivity index (χ3n) is 4.32. The normalized spacial score (nSPS) is 16.8. The molecule has 7 nitrogen and oxygen atoms in total. The van der Waals surface area contributed by atoms with Gasteiger partial charge in [0.25, 0.3) is 0 Å². The van der Waals surface area contributed by atoms with Crippen LogP contribution in [0.2, 0.25) is 0 Å². The Labute approximate surface area is 141 Å². The molecule has 0 unspecified atom stereocenters. The molecule has 1 amide bonds. The topological polar surface area (TPSA) is 98.0 Å². The second-order valence-corrected chi connectivity index (χ2v) is 6.16. The van der Waals surface area contributed by atoms with Gasteiger partial charge in [-0.15, -0.1) is 0 Å². The zero-order chi connectivity index (χ0) is 17.6. The van der Waals surface area contributed by atoms with E-state index in [0.29, 0.717) is 45.0 Å². The highest BCUT2D eigenvalue weighted by molar-refractivity contribution is 5.77. The minimum atomic E-state index is -0.723. The van der Waals surface area contributed by atoms with E-state index in [2.05, 4.69) is 5.32 Å². The molecule has 1 aliphatic heterocycles. The fraction of sp³-hybridized carbons (Fsp3) is 0.647. The molecule has 134 valence electrons. The molecule has 2 heterocycles. The van der Waals surface area contributed by atoms with E-state index >= 15 is 0 Å². The van der Waals surface area contributed by atoms with Crippen LogP contribution in [-0.2, 0) is 19.7 Å². The molecule has 0 atom stereocenters. The number of carbonyl (C=O) groups excluding carboxylic acids is 1. The maximum absolute atomic E-state index is 12.3. The highest BCUT2D eigenvalue weighted by atomic mass is 16.5. The number of ether oxygens (including phenoxy) is 2. The third-order valence-corrected chi connectivity index (χ3v) is 4.32. The number of amides is 1. The average molecular weight is 339 g/mol. The lowest BCUT2D eigenvalue weighted by atomic mass is 9.74. The first-order chi connectivity index (χ1) is 11.5. The van der Waals surface area contributed by atoms with Crippen molar-refractivity contribution in [3.63, 3.8) is 0 Å². The lowest BCUT2D eigenvalue weighted by Gasteiger charge is -2.35. The zero-order valence-electron chi connectivity index (χ0n) is 14.2. The van der Waals surface area contributed by atoms with Crippen molar-refractivity contribution in [1.82, 2.24) is 5.32 Å². The van der Waals surface area contributed by atoms with Gasteiger partial charge in [-0.25, -0.2) is 0 Å². The molecule has 0 saturated carbocycles. The van der Waals surface area contributed by atoms with Crippen LogP contribution in [0.1, 0.15) is 37.2 Å². The molecule has 0 radical (unpaired) electrons. The maximum atomic E-state index is 12.3. The molecule has 0 aliphatic carbocycles. The van der Waals surface area contributed by atoms with E-state index in [0.717, 1.165) is 6.42 Å². The van der Waals surface area contributed by atoms with E-state index < -0.39 is 16.6 Å². The van der Waals surface area contributed by atoms with Crippen molar-refractivity contribution in [2.24, 2.45) is 0 Å². The SMILES string of the molecule is COCCCNC(=O)CC1(c2oc(C)cc(=O)c2O)CCOCC1. The van der Waals surface area contributed by atoms with E-state index in [1.807, 2.05) is 0 Å². The van der Waals surface area contributed by atoms with Crippen LogP contribution in [0.25, 0.3) is 0 Å². The molecular weight excluding hydrogens is 314 g/mol. The minimum Gasteiger partial charge on any atom is -0.502 e. The molecule has 0 spiro atoms. The second-order valence-electron chi connectivity index (χ2n) is 6.16. The summed E-state index contributed by atoms with van der Waals surface area (Å²) in [5, 5.41) is 13.0. The van der Waals surface area contributed by atoms with Gasteiger partial charge in [-0.1, -0.05) is 0 Å². The quantitative estimate of drug-likeness (QED) is 0.726. The number of nitrogens with one attached hydrogen (secondary N) is 1. The molecule has 24 heavy (non-hydrogen) atoms. The standard InChI is InChI=1S/C17H25NO6/c1-12-10-13(19)15(21)16(24-12)17(4-8-23-9-5-17)11-14(20)18-6-3-7-22-2/h10,21H,3-9,11H2,1-2H3,(H,18,20). The van der Waals surface area contributed by atoms with Crippen LogP contribution in [0.15, 0.2) is 15.3 Å². The van der Waals surface area contributed by atoms with Gasteiger partial charge >= 0.3 is 0 Å². The zero-order valence-corrected chi connectivity index (χ0v) is 14.2. The minimum absolute atomic E-state index is 0.142. The van der Waals surface area contributed by atoms with Gasteiger partial charge in [-0.2, -0.15) is 0 Å². The van der Waals surface area contributed by atoms with Gasteiger partial charge < -0.3 is 24.3 Å². The Morgan fingerprint density at radius 2 is 2.12 bits per heavy atom. The molecule has 1 saturated heterocycles. The summed E-state index contributed by atoms with van der Waals surface area (Å²) >= 11 is 0. The van der Waals surface area contributed by atoms with Gasteiger partial charge in [0.15, 0.2) is 5.76 Å². The summed E-state index contributed by atoms with van der Waals surface area (Å²) in [6, 6.07) is 1.25. The molecule has 2 N–H and O–H groups in total. The highest BCUT2D eigenvalue weighted by Crippen LogP contribution is 2.41. The van der Waals surface area contributed by atoms with Crippen LogP contribution in [0.3, 0.4) is 0 Å². The summed E-state index contributed by atoms with van der Waals surface area (Å²) in [6.45, 7) is 3.65. The van der Waals surface area contributed by atoms with Crippen LogP contribution in [0.4, 0.5) is 0 Å². The van der Waals surface area contributed by atoms with Crippen molar-refractivity contribution in [1.29, 1.82) is 0 Å². The van der Waals surface area contributed by atoms with Crippen LogP contribution in [-0.4, -0.2) is 44.5 Å². The third kappa shape index (κ3) is 4.36. The van der Waals surface area contributed by atoms with Crippen molar-refractivity contribution < 1.29 is 23.8 Å².